The number of likely N-dealkylation sites (tertiary alicyclic amines) is 1. The van der Waals surface area contributed by atoms with Gasteiger partial charge in [-0.3, -0.25) is 4.90 Å². The number of carbonyl (C=O) groups excluding carboxylic acids is 1. The average Bonchev–Trinajstić information content (AvgIpc) is 2.71. The molecule has 1 N–H and O–H groups in total. The Labute approximate surface area is 94.4 Å². The van der Waals surface area contributed by atoms with E-state index in [1.54, 1.807) is 4.90 Å². The van der Waals surface area contributed by atoms with Crippen LogP contribution in [-0.4, -0.2) is 35.9 Å². The zero-order valence-electron chi connectivity index (χ0n) is 9.17. The number of aliphatic hydroxyl groups excluding tert-OH is 1. The molecule has 1 aromatic carbocycles. The van der Waals surface area contributed by atoms with E-state index < -0.39 is 6.10 Å². The predicted molar refractivity (Wildman–Crippen MR) is 58.9 cm³/mol. The fourth-order valence-corrected chi connectivity index (χ4v) is 2.15. The molecule has 4 nitrogen and oxygen atoms in total. The van der Waals surface area contributed by atoms with Gasteiger partial charge in [-0.1, -0.05) is 30.3 Å². The second-order valence-corrected chi connectivity index (χ2v) is 3.87. The van der Waals surface area contributed by atoms with Crippen molar-refractivity contribution in [1.82, 2.24) is 4.90 Å². The molecule has 1 heterocycles. The lowest BCUT2D eigenvalue weighted by Crippen LogP contribution is -2.33. The first-order chi connectivity index (χ1) is 7.74. The van der Waals surface area contributed by atoms with Gasteiger partial charge in [-0.05, 0) is 12.0 Å². The molecular weight excluding hydrogens is 206 g/mol. The number of hydrogen-bond acceptors (Lipinski definition) is 3. The maximum atomic E-state index is 11.5. The largest absolute Gasteiger partial charge is 0.453 e. The molecule has 16 heavy (non-hydrogen) atoms. The van der Waals surface area contributed by atoms with Crippen molar-refractivity contribution >= 4 is 6.09 Å². The van der Waals surface area contributed by atoms with Crippen LogP contribution in [0, 0.1) is 0 Å². The minimum atomic E-state index is -0.513. The van der Waals surface area contributed by atoms with Gasteiger partial charge in [0.2, 0.25) is 0 Å². The molecule has 4 heteroatoms. The number of carbonyl (C=O) groups is 1. The highest BCUT2D eigenvalue weighted by atomic mass is 16.5. The molecule has 1 aromatic rings. The van der Waals surface area contributed by atoms with E-state index in [4.69, 9.17) is 4.74 Å². The number of aliphatic hydroxyl groups is 1. The normalized spacial score (nSPS) is 24.5. The van der Waals surface area contributed by atoms with E-state index >= 15 is 0 Å². The van der Waals surface area contributed by atoms with Gasteiger partial charge < -0.3 is 9.84 Å². The Kier molecular flexibility index (Phi) is 3.10. The highest BCUT2D eigenvalue weighted by molar-refractivity contribution is 5.68. The molecule has 2 rings (SSSR count). The van der Waals surface area contributed by atoms with Crippen LogP contribution in [0.5, 0.6) is 0 Å². The zero-order chi connectivity index (χ0) is 11.5. The minimum absolute atomic E-state index is 0.284. The SMILES string of the molecule is COC(=O)N1CC[C@H](O)[C@@H]1c1ccccc1. The smallest absolute Gasteiger partial charge is 0.410 e. The van der Waals surface area contributed by atoms with E-state index in [-0.39, 0.29) is 12.1 Å². The summed E-state index contributed by atoms with van der Waals surface area (Å²) >= 11 is 0. The van der Waals surface area contributed by atoms with Crippen molar-refractivity contribution in [1.29, 1.82) is 0 Å². The number of amides is 1. The highest BCUT2D eigenvalue weighted by Crippen LogP contribution is 2.32. The molecule has 0 aromatic heterocycles. The molecule has 0 aliphatic carbocycles. The van der Waals surface area contributed by atoms with Gasteiger partial charge in [-0.15, -0.1) is 0 Å². The van der Waals surface area contributed by atoms with Crippen LogP contribution in [0.1, 0.15) is 18.0 Å². The number of rotatable bonds is 1. The van der Waals surface area contributed by atoms with E-state index in [2.05, 4.69) is 0 Å². The quantitative estimate of drug-likeness (QED) is 0.783. The third kappa shape index (κ3) is 1.88. The first-order valence-electron chi connectivity index (χ1n) is 5.31. The Bertz CT molecular complexity index is 366. The van der Waals surface area contributed by atoms with Gasteiger partial charge in [0.25, 0.3) is 0 Å². The standard InChI is InChI=1S/C12H15NO3/c1-16-12(15)13-8-7-10(14)11(13)9-5-3-2-4-6-9/h2-6,10-11,14H,7-8H2,1H3/t10-,11-/m0/s1. The summed E-state index contributed by atoms with van der Waals surface area (Å²) in [5, 5.41) is 9.91. The lowest BCUT2D eigenvalue weighted by Gasteiger charge is -2.25. The first kappa shape index (κ1) is 11.0. The molecule has 0 radical (unpaired) electrons. The van der Waals surface area contributed by atoms with Gasteiger partial charge >= 0.3 is 6.09 Å². The third-order valence-electron chi connectivity index (χ3n) is 2.92. The topological polar surface area (TPSA) is 49.8 Å². The number of hydrogen-bond donors (Lipinski definition) is 1. The maximum Gasteiger partial charge on any atom is 0.410 e. The van der Waals surface area contributed by atoms with Gasteiger partial charge in [-0.25, -0.2) is 4.79 Å². The molecule has 1 aliphatic heterocycles. The minimum Gasteiger partial charge on any atom is -0.453 e. The number of benzene rings is 1. The molecule has 0 saturated carbocycles. The fraction of sp³-hybridized carbons (Fsp3) is 0.417. The summed E-state index contributed by atoms with van der Waals surface area (Å²) in [5.41, 5.74) is 0.943. The molecule has 1 amide bonds. The Morgan fingerprint density at radius 3 is 2.75 bits per heavy atom. The summed E-state index contributed by atoms with van der Waals surface area (Å²) in [4.78, 5) is 13.1. The Balaban J connectivity index is 2.26. The van der Waals surface area contributed by atoms with Crippen LogP contribution >= 0.6 is 0 Å². The summed E-state index contributed by atoms with van der Waals surface area (Å²) in [6.07, 6.45) is -0.304. The fourth-order valence-electron chi connectivity index (χ4n) is 2.15. The maximum absolute atomic E-state index is 11.5. The lowest BCUT2D eigenvalue weighted by atomic mass is 10.0. The van der Waals surface area contributed by atoms with Crippen LogP contribution in [-0.2, 0) is 4.74 Å². The number of ether oxygens (including phenoxy) is 1. The monoisotopic (exact) mass is 221 g/mol. The van der Waals surface area contributed by atoms with Crippen LogP contribution < -0.4 is 0 Å². The number of nitrogens with zero attached hydrogens (tertiary/aromatic N) is 1. The zero-order valence-corrected chi connectivity index (χ0v) is 9.17. The summed E-state index contributed by atoms with van der Waals surface area (Å²) in [7, 11) is 1.36. The molecule has 0 unspecified atom stereocenters. The van der Waals surface area contributed by atoms with E-state index in [1.165, 1.54) is 7.11 Å². The third-order valence-corrected chi connectivity index (χ3v) is 2.92. The van der Waals surface area contributed by atoms with Crippen LogP contribution in [0.15, 0.2) is 30.3 Å². The lowest BCUT2D eigenvalue weighted by molar-refractivity contribution is 0.0888. The molecule has 0 spiro atoms. The van der Waals surface area contributed by atoms with E-state index in [1.807, 2.05) is 30.3 Å². The summed E-state index contributed by atoms with van der Waals surface area (Å²) in [6.45, 7) is 0.535. The summed E-state index contributed by atoms with van der Waals surface area (Å²) < 4.78 is 4.71. The second-order valence-electron chi connectivity index (χ2n) is 3.87. The van der Waals surface area contributed by atoms with Crippen molar-refractivity contribution in [2.45, 2.75) is 18.6 Å². The first-order valence-corrected chi connectivity index (χ1v) is 5.31. The van der Waals surface area contributed by atoms with Crippen molar-refractivity contribution in [3.05, 3.63) is 35.9 Å². The van der Waals surface area contributed by atoms with Crippen LogP contribution in [0.3, 0.4) is 0 Å². The molecule has 1 aliphatic rings. The van der Waals surface area contributed by atoms with Crippen molar-refractivity contribution in [3.8, 4) is 0 Å². The molecule has 1 saturated heterocycles. The van der Waals surface area contributed by atoms with Gasteiger partial charge in [0.15, 0.2) is 0 Å². The Morgan fingerprint density at radius 2 is 2.12 bits per heavy atom. The van der Waals surface area contributed by atoms with Gasteiger partial charge in [-0.2, -0.15) is 0 Å². The van der Waals surface area contributed by atoms with Crippen LogP contribution in [0.4, 0.5) is 4.79 Å². The molecule has 1 fully saturated rings. The van der Waals surface area contributed by atoms with Crippen molar-refractivity contribution in [3.63, 3.8) is 0 Å². The van der Waals surface area contributed by atoms with E-state index in [0.717, 1.165) is 5.56 Å². The predicted octanol–water partition coefficient (Wildman–Crippen LogP) is 1.56. The van der Waals surface area contributed by atoms with E-state index in [9.17, 15) is 9.90 Å². The molecular formula is C12H15NO3. The van der Waals surface area contributed by atoms with Gasteiger partial charge in [0.1, 0.15) is 0 Å². The Morgan fingerprint density at radius 1 is 1.44 bits per heavy atom. The summed E-state index contributed by atoms with van der Waals surface area (Å²) in [5.74, 6) is 0. The van der Waals surface area contributed by atoms with Crippen molar-refractivity contribution in [2.24, 2.45) is 0 Å². The Hall–Kier alpha value is -1.55. The molecule has 2 atom stereocenters. The molecule has 86 valence electrons. The van der Waals surface area contributed by atoms with Crippen molar-refractivity contribution in [2.75, 3.05) is 13.7 Å². The van der Waals surface area contributed by atoms with Crippen LogP contribution in [0.25, 0.3) is 0 Å². The molecule has 0 bridgehead atoms. The average molecular weight is 221 g/mol. The van der Waals surface area contributed by atoms with Crippen LogP contribution in [0.2, 0.25) is 0 Å². The second kappa shape index (κ2) is 4.53. The highest BCUT2D eigenvalue weighted by Gasteiger charge is 2.37. The summed E-state index contributed by atoms with van der Waals surface area (Å²) in [6, 6.07) is 9.25. The van der Waals surface area contributed by atoms with Gasteiger partial charge in [0, 0.05) is 6.54 Å². The number of methoxy groups -OCH3 is 1. The van der Waals surface area contributed by atoms with Gasteiger partial charge in [0.05, 0.1) is 19.3 Å². The van der Waals surface area contributed by atoms with Crippen molar-refractivity contribution < 1.29 is 14.6 Å². The van der Waals surface area contributed by atoms with E-state index in [0.29, 0.717) is 13.0 Å².